The number of hydrogen-bond donors (Lipinski definition) is 0. The van der Waals surface area contributed by atoms with E-state index in [1.165, 1.54) is 4.88 Å². The molecule has 4 rings (SSSR count). The maximum Gasteiger partial charge on any atom is 0.254 e. The maximum atomic E-state index is 13.2. The summed E-state index contributed by atoms with van der Waals surface area (Å²) in [6.07, 6.45) is 0.205. The summed E-state index contributed by atoms with van der Waals surface area (Å²) in [6, 6.07) is 7.73. The van der Waals surface area contributed by atoms with Gasteiger partial charge in [0.15, 0.2) is 11.5 Å². The number of ether oxygens (including phenoxy) is 4. The van der Waals surface area contributed by atoms with Crippen LogP contribution in [0.2, 0.25) is 0 Å². The number of benzene rings is 1. The Bertz CT molecular complexity index is 890. The summed E-state index contributed by atoms with van der Waals surface area (Å²) in [5.74, 6) is 1.44. The van der Waals surface area contributed by atoms with Crippen molar-refractivity contribution in [1.29, 1.82) is 0 Å². The number of carbonyl (C=O) groups excluding carboxylic acids is 1. The van der Waals surface area contributed by atoms with Gasteiger partial charge in [-0.05, 0) is 23.6 Å². The molecule has 33 heavy (non-hydrogen) atoms. The van der Waals surface area contributed by atoms with Gasteiger partial charge in [0.1, 0.15) is 0 Å². The Balaban J connectivity index is 1.30. The van der Waals surface area contributed by atoms with Crippen LogP contribution in [0.1, 0.15) is 15.2 Å². The van der Waals surface area contributed by atoms with Crippen molar-refractivity contribution in [3.8, 4) is 17.2 Å². The Hall–Kier alpha value is -2.33. The lowest BCUT2D eigenvalue weighted by Gasteiger charge is -2.39. The highest BCUT2D eigenvalue weighted by Gasteiger charge is 2.28. The van der Waals surface area contributed by atoms with E-state index in [1.807, 2.05) is 16.2 Å². The third-order valence-corrected chi connectivity index (χ3v) is 7.08. The monoisotopic (exact) mass is 475 g/mol. The van der Waals surface area contributed by atoms with Crippen molar-refractivity contribution in [2.45, 2.75) is 12.6 Å². The molecule has 1 unspecified atom stereocenters. The first-order valence-corrected chi connectivity index (χ1v) is 12.2. The number of amides is 1. The highest BCUT2D eigenvalue weighted by molar-refractivity contribution is 7.09. The third kappa shape index (κ3) is 5.78. The number of nitrogens with zero attached hydrogens (tertiary/aromatic N) is 3. The zero-order valence-electron chi connectivity index (χ0n) is 19.6. The van der Waals surface area contributed by atoms with E-state index < -0.39 is 0 Å². The first kappa shape index (κ1) is 23.8. The predicted molar refractivity (Wildman–Crippen MR) is 128 cm³/mol. The van der Waals surface area contributed by atoms with Gasteiger partial charge in [0.2, 0.25) is 5.75 Å². The summed E-state index contributed by atoms with van der Waals surface area (Å²) in [5, 5.41) is 2.13. The molecule has 2 aromatic rings. The lowest BCUT2D eigenvalue weighted by atomic mass is 10.1. The van der Waals surface area contributed by atoms with E-state index in [0.29, 0.717) is 35.9 Å². The second-order valence-electron chi connectivity index (χ2n) is 8.31. The van der Waals surface area contributed by atoms with Crippen molar-refractivity contribution in [1.82, 2.24) is 14.7 Å². The van der Waals surface area contributed by atoms with E-state index in [9.17, 15) is 4.79 Å². The number of methoxy groups -OCH3 is 3. The number of thiophene rings is 1. The molecule has 0 N–H and O–H groups in total. The van der Waals surface area contributed by atoms with Gasteiger partial charge in [-0.25, -0.2) is 0 Å². The van der Waals surface area contributed by atoms with Crippen LogP contribution in [0.25, 0.3) is 0 Å². The second kappa shape index (κ2) is 11.2. The standard InChI is InChI=1S/C24H33N3O5S/c1-29-21-13-18(14-22(30-2)23(21)31-3)24(28)27-8-6-25(7-9-27)15-19-16-26(10-11-32-19)17-20-5-4-12-33-20/h4-5,12-14,19H,6-11,15-17H2,1-3H3. The van der Waals surface area contributed by atoms with Crippen LogP contribution in [0.4, 0.5) is 0 Å². The summed E-state index contributed by atoms with van der Waals surface area (Å²) in [5.41, 5.74) is 0.540. The van der Waals surface area contributed by atoms with E-state index >= 15 is 0 Å². The molecule has 0 bridgehead atoms. The molecule has 2 saturated heterocycles. The third-order valence-electron chi connectivity index (χ3n) is 6.22. The van der Waals surface area contributed by atoms with E-state index in [2.05, 4.69) is 27.3 Å². The molecule has 1 amide bonds. The summed E-state index contributed by atoms with van der Waals surface area (Å²) < 4.78 is 22.2. The zero-order chi connectivity index (χ0) is 23.2. The van der Waals surface area contributed by atoms with Crippen molar-refractivity contribution < 1.29 is 23.7 Å². The lowest BCUT2D eigenvalue weighted by Crippen LogP contribution is -2.53. The highest BCUT2D eigenvalue weighted by Crippen LogP contribution is 2.38. The van der Waals surface area contributed by atoms with E-state index in [0.717, 1.165) is 45.9 Å². The van der Waals surface area contributed by atoms with Gasteiger partial charge in [0, 0.05) is 62.8 Å². The molecule has 2 fully saturated rings. The van der Waals surface area contributed by atoms with Gasteiger partial charge in [0.25, 0.3) is 5.91 Å². The number of carbonyl (C=O) groups is 1. The number of hydrogen-bond acceptors (Lipinski definition) is 8. The van der Waals surface area contributed by atoms with Crippen LogP contribution >= 0.6 is 11.3 Å². The van der Waals surface area contributed by atoms with Crippen LogP contribution in [0, 0.1) is 0 Å². The van der Waals surface area contributed by atoms with Crippen LogP contribution < -0.4 is 14.2 Å². The molecule has 0 aliphatic carbocycles. The highest BCUT2D eigenvalue weighted by atomic mass is 32.1. The SMILES string of the molecule is COc1cc(C(=O)N2CCN(CC3CN(Cc4cccs4)CCO3)CC2)cc(OC)c1OC. The van der Waals surface area contributed by atoms with Crippen molar-refractivity contribution in [3.63, 3.8) is 0 Å². The molecule has 1 atom stereocenters. The molecule has 9 heteroatoms. The fraction of sp³-hybridized carbons (Fsp3) is 0.542. The minimum Gasteiger partial charge on any atom is -0.493 e. The summed E-state index contributed by atoms with van der Waals surface area (Å²) in [7, 11) is 4.66. The van der Waals surface area contributed by atoms with Crippen LogP contribution in [0.5, 0.6) is 17.2 Å². The van der Waals surface area contributed by atoms with Crippen molar-refractivity contribution >= 4 is 17.2 Å². The molecule has 0 radical (unpaired) electrons. The molecular weight excluding hydrogens is 442 g/mol. The molecule has 2 aliphatic heterocycles. The molecule has 3 heterocycles. The van der Waals surface area contributed by atoms with Gasteiger partial charge in [-0.15, -0.1) is 11.3 Å². The van der Waals surface area contributed by atoms with Crippen LogP contribution in [0.3, 0.4) is 0 Å². The van der Waals surface area contributed by atoms with Gasteiger partial charge in [-0.2, -0.15) is 0 Å². The Morgan fingerprint density at radius 2 is 1.76 bits per heavy atom. The van der Waals surface area contributed by atoms with E-state index in [1.54, 1.807) is 33.5 Å². The maximum absolute atomic E-state index is 13.2. The van der Waals surface area contributed by atoms with Crippen molar-refractivity contribution in [3.05, 3.63) is 40.1 Å². The van der Waals surface area contributed by atoms with Gasteiger partial charge in [0.05, 0.1) is 34.0 Å². The fourth-order valence-electron chi connectivity index (χ4n) is 4.47. The average molecular weight is 476 g/mol. The molecule has 0 saturated carbocycles. The summed E-state index contributed by atoms with van der Waals surface area (Å²) >= 11 is 1.81. The minimum absolute atomic E-state index is 0.0232. The Kier molecular flexibility index (Phi) is 8.08. The molecular formula is C24H33N3O5S. The van der Waals surface area contributed by atoms with Crippen LogP contribution in [0.15, 0.2) is 29.6 Å². The molecule has 180 valence electrons. The molecule has 1 aromatic heterocycles. The summed E-state index contributed by atoms with van der Waals surface area (Å²) in [6.45, 7) is 7.62. The number of piperazine rings is 1. The van der Waals surface area contributed by atoms with Gasteiger partial charge in [-0.1, -0.05) is 6.07 Å². The Labute approximate surface area is 199 Å². The van der Waals surface area contributed by atoms with Crippen LogP contribution in [-0.4, -0.2) is 100 Å². The van der Waals surface area contributed by atoms with Crippen molar-refractivity contribution in [2.24, 2.45) is 0 Å². The quantitative estimate of drug-likeness (QED) is 0.581. The topological polar surface area (TPSA) is 63.7 Å². The Morgan fingerprint density at radius 3 is 2.36 bits per heavy atom. The molecule has 8 nitrogen and oxygen atoms in total. The van der Waals surface area contributed by atoms with Crippen molar-refractivity contribution in [2.75, 3.05) is 73.7 Å². The first-order valence-electron chi connectivity index (χ1n) is 11.3. The lowest BCUT2D eigenvalue weighted by molar-refractivity contribution is -0.0494. The number of rotatable bonds is 8. The fourth-order valence-corrected chi connectivity index (χ4v) is 5.21. The van der Waals surface area contributed by atoms with E-state index in [-0.39, 0.29) is 12.0 Å². The van der Waals surface area contributed by atoms with Gasteiger partial charge in [-0.3, -0.25) is 14.6 Å². The second-order valence-corrected chi connectivity index (χ2v) is 9.35. The predicted octanol–water partition coefficient (Wildman–Crippen LogP) is 2.43. The average Bonchev–Trinajstić information content (AvgIpc) is 3.36. The number of morpholine rings is 1. The summed E-state index contributed by atoms with van der Waals surface area (Å²) in [4.78, 5) is 21.3. The van der Waals surface area contributed by atoms with Gasteiger partial charge < -0.3 is 23.8 Å². The normalized spacial score (nSPS) is 20.0. The zero-order valence-corrected chi connectivity index (χ0v) is 20.4. The molecule has 0 spiro atoms. The largest absolute Gasteiger partial charge is 0.493 e. The minimum atomic E-state index is -0.0232. The molecule has 2 aliphatic rings. The first-order chi connectivity index (χ1) is 16.1. The van der Waals surface area contributed by atoms with E-state index in [4.69, 9.17) is 18.9 Å². The molecule has 1 aromatic carbocycles. The smallest absolute Gasteiger partial charge is 0.254 e. The Morgan fingerprint density at radius 1 is 1.03 bits per heavy atom. The van der Waals surface area contributed by atoms with Crippen LogP contribution in [-0.2, 0) is 11.3 Å². The van der Waals surface area contributed by atoms with Gasteiger partial charge >= 0.3 is 0 Å².